The topological polar surface area (TPSA) is 423 Å². The summed E-state index contributed by atoms with van der Waals surface area (Å²) >= 11 is 0. The Hall–Kier alpha value is -7.95. The smallest absolute Gasteiger partial charge is 0.305 e. The molecule has 0 saturated carbocycles. The van der Waals surface area contributed by atoms with Gasteiger partial charge in [-0.05, 0) is 53.3 Å². The van der Waals surface area contributed by atoms with E-state index in [1.165, 1.54) is 48.5 Å². The Labute approximate surface area is 461 Å². The number of primary amides is 1. The minimum Gasteiger partial charge on any atom is -0.508 e. The van der Waals surface area contributed by atoms with Gasteiger partial charge in [0.1, 0.15) is 65.9 Å². The van der Waals surface area contributed by atoms with Crippen molar-refractivity contribution < 1.29 is 78.3 Å². The van der Waals surface area contributed by atoms with Gasteiger partial charge in [-0.3, -0.25) is 52.7 Å². The number of phenols is 2. The maximum absolute atomic E-state index is 14.5. The zero-order chi connectivity index (χ0) is 58.3. The molecule has 0 aliphatic carbocycles. The lowest BCUT2D eigenvalue weighted by molar-refractivity contribution is -0.141. The summed E-state index contributed by atoms with van der Waals surface area (Å²) in [7, 11) is 1.67. The van der Waals surface area contributed by atoms with E-state index in [0.29, 0.717) is 16.7 Å². The van der Waals surface area contributed by atoms with Crippen LogP contribution in [0.5, 0.6) is 11.5 Å². The second-order valence-electron chi connectivity index (χ2n) is 18.7. The minimum atomic E-state index is -2.00. The van der Waals surface area contributed by atoms with Crippen molar-refractivity contribution in [3.8, 4) is 11.5 Å². The number of carbonyl (C=O) groups excluding carboxylic acids is 10. The minimum absolute atomic E-state index is 0.0502. The molecule has 1 saturated heterocycles. The molecule has 3 unspecified atom stereocenters. The third-order valence-electron chi connectivity index (χ3n) is 11.8. The Morgan fingerprint density at radius 1 is 0.595 bits per heavy atom. The second-order valence-corrected chi connectivity index (χ2v) is 21.3. The summed E-state index contributed by atoms with van der Waals surface area (Å²) in [5.74, 6) is -13.1. The summed E-state index contributed by atoms with van der Waals surface area (Å²) in [5.41, 5.74) is 6.96. The number of aliphatic hydroxyl groups excluding tert-OH is 2. The van der Waals surface area contributed by atoms with E-state index in [1.54, 1.807) is 44.2 Å². The Morgan fingerprint density at radius 2 is 1.08 bits per heavy atom. The molecule has 79 heavy (non-hydrogen) atoms. The van der Waals surface area contributed by atoms with E-state index in [9.17, 15) is 78.3 Å². The lowest BCUT2D eigenvalue weighted by Crippen LogP contribution is -2.62. The van der Waals surface area contributed by atoms with Gasteiger partial charge in [-0.25, -0.2) is 0 Å². The molecule has 1 aliphatic rings. The fourth-order valence-corrected chi connectivity index (χ4v) is 10.1. The normalized spacial score (nSPS) is 21.0. The van der Waals surface area contributed by atoms with Crippen molar-refractivity contribution in [2.45, 2.75) is 107 Å². The van der Waals surface area contributed by atoms with Gasteiger partial charge in [-0.2, -0.15) is 0 Å². The lowest BCUT2D eigenvalue weighted by Gasteiger charge is -2.28. The third-order valence-corrected chi connectivity index (χ3v) is 14.2. The predicted octanol–water partition coefficient (Wildman–Crippen LogP) is -3.11. The van der Waals surface area contributed by atoms with Crippen molar-refractivity contribution in [2.75, 3.05) is 24.7 Å². The number of nitrogens with one attached hydrogen (secondary N) is 9. The molecule has 0 aromatic heterocycles. The Balaban J connectivity index is 1.80. The van der Waals surface area contributed by atoms with Gasteiger partial charge < -0.3 is 79.1 Å². The van der Waals surface area contributed by atoms with E-state index in [1.807, 2.05) is 0 Å². The van der Waals surface area contributed by atoms with Crippen LogP contribution in [0.3, 0.4) is 0 Å². The van der Waals surface area contributed by atoms with Crippen LogP contribution in [0.4, 0.5) is 0 Å². The van der Waals surface area contributed by atoms with Gasteiger partial charge in [0.2, 0.25) is 59.1 Å². The molecule has 0 radical (unpaired) electrons. The number of aromatic hydroxyl groups is 2. The van der Waals surface area contributed by atoms with Gasteiger partial charge in [-0.15, -0.1) is 0 Å². The molecule has 10 amide bonds. The van der Waals surface area contributed by atoms with E-state index < -0.39 is 157 Å². The summed E-state index contributed by atoms with van der Waals surface area (Å²) in [6.07, 6.45) is -1.68. The number of aliphatic carboxylic acids is 1. The molecular formula is C51H66N10O16S2. The van der Waals surface area contributed by atoms with Gasteiger partial charge in [0.05, 0.1) is 19.6 Å². The van der Waals surface area contributed by atoms with E-state index >= 15 is 0 Å². The molecule has 428 valence electrons. The summed E-state index contributed by atoms with van der Waals surface area (Å²) in [4.78, 5) is 149. The first-order valence-electron chi connectivity index (χ1n) is 24.7. The fraction of sp³-hybridized carbons (Fsp3) is 0.431. The maximum atomic E-state index is 14.5. The molecule has 0 bridgehead atoms. The first kappa shape index (κ1) is 63.6. The van der Waals surface area contributed by atoms with E-state index in [-0.39, 0.29) is 36.7 Å². The third kappa shape index (κ3) is 21.4. The molecule has 26 nitrogen and oxygen atoms in total. The monoisotopic (exact) mass is 1140 g/mol. The number of rotatable bonds is 20. The van der Waals surface area contributed by atoms with Crippen LogP contribution >= 0.6 is 21.6 Å². The molecule has 1 aliphatic heterocycles. The number of hydrogen-bond acceptors (Lipinski definition) is 17. The van der Waals surface area contributed by atoms with Crippen molar-refractivity contribution >= 4 is 86.6 Å². The summed E-state index contributed by atoms with van der Waals surface area (Å²) in [5, 5.41) is 72.3. The maximum Gasteiger partial charge on any atom is 0.305 e. The molecule has 1 fully saturated rings. The Morgan fingerprint density at radius 3 is 1.62 bits per heavy atom. The number of amides is 10. The van der Waals surface area contributed by atoms with Crippen LogP contribution in [0.15, 0.2) is 78.9 Å². The Bertz CT molecular complexity index is 2630. The van der Waals surface area contributed by atoms with Crippen LogP contribution in [0.25, 0.3) is 0 Å². The highest BCUT2D eigenvalue weighted by Crippen LogP contribution is 2.24. The van der Waals surface area contributed by atoms with Gasteiger partial charge in [0.15, 0.2) is 0 Å². The molecule has 16 N–H and O–H groups in total. The number of aliphatic hydroxyl groups is 2. The molecule has 3 aromatic carbocycles. The number of benzene rings is 3. The fourth-order valence-electron chi connectivity index (χ4n) is 7.72. The van der Waals surface area contributed by atoms with Gasteiger partial charge in [0, 0.05) is 37.7 Å². The highest BCUT2D eigenvalue weighted by molar-refractivity contribution is 8.76. The van der Waals surface area contributed by atoms with Crippen LogP contribution in [-0.4, -0.2) is 170 Å². The SMILES string of the molecule is CC(=O)N[C@@H](Cc1ccccc1)C(=O)N[C@H]1CSSCC(C(=O)N[C@@H](Cc2ccc(O)cc2)C(=O)N[C@@H](CC(C)C)C(N)=O)NC(=O)C(CO)NC(=O)[C@H](Cc2ccc(O)cc2)NC(=O)[C@H](CC(=O)O)NC(=O)C(CO)NC1=O. The van der Waals surface area contributed by atoms with Crippen LogP contribution < -0.4 is 53.6 Å². The number of carbonyl (C=O) groups is 11. The summed E-state index contributed by atoms with van der Waals surface area (Å²) in [6, 6.07) is 4.61. The van der Waals surface area contributed by atoms with Crippen molar-refractivity contribution in [1.29, 1.82) is 0 Å². The van der Waals surface area contributed by atoms with Crippen molar-refractivity contribution in [3.63, 3.8) is 0 Å². The van der Waals surface area contributed by atoms with E-state index in [4.69, 9.17) is 5.73 Å². The van der Waals surface area contributed by atoms with E-state index in [2.05, 4.69) is 47.9 Å². The van der Waals surface area contributed by atoms with Crippen LogP contribution in [0, 0.1) is 5.92 Å². The standard InChI is InChI=1S/C51H66N10O16S2/c1-26(2)17-33(43(52)69)54-45(71)35(19-29-9-13-31(65)14-10-29)56-50(76)40-24-78-79-25-41(60-44(70)34(53-27(3)64)18-28-7-5-4-6-8-28)51(77)59-38(22-62)48(74)57-37(21-42(67)68)47(73)55-36(20-30-11-15-32(66)16-12-30)46(72)58-39(23-63)49(75)61-40/h4-16,26,33-41,62-63,65-66H,17-25H2,1-3H3,(H2,52,69)(H,53,64)(H,54,71)(H,55,73)(H,56,76)(H,57,74)(H,58,72)(H,59,77)(H,60,70)(H,61,75)(H,67,68)/t33-,34-,35-,36-,37-,38?,39?,40?,41-/m0/s1. The first-order chi connectivity index (χ1) is 37.5. The van der Waals surface area contributed by atoms with Crippen LogP contribution in [0.2, 0.25) is 0 Å². The zero-order valence-electron chi connectivity index (χ0n) is 43.3. The average molecular weight is 1140 g/mol. The molecule has 9 atom stereocenters. The first-order valence-corrected chi connectivity index (χ1v) is 27.2. The number of hydrogen-bond donors (Lipinski definition) is 15. The van der Waals surface area contributed by atoms with Crippen molar-refractivity contribution in [3.05, 3.63) is 95.6 Å². The van der Waals surface area contributed by atoms with E-state index in [0.717, 1.165) is 28.5 Å². The van der Waals surface area contributed by atoms with Crippen LogP contribution in [0.1, 0.15) is 50.3 Å². The highest BCUT2D eigenvalue weighted by atomic mass is 33.1. The number of nitrogens with two attached hydrogens (primary N) is 1. The summed E-state index contributed by atoms with van der Waals surface area (Å²) in [6.45, 7) is 2.47. The Kier molecular flexibility index (Phi) is 25.3. The average Bonchev–Trinajstić information content (AvgIpc) is 3.39. The summed E-state index contributed by atoms with van der Waals surface area (Å²) < 4.78 is 0. The number of carboxylic acids is 1. The molecule has 4 rings (SSSR count). The zero-order valence-corrected chi connectivity index (χ0v) is 44.9. The van der Waals surface area contributed by atoms with Crippen molar-refractivity contribution in [1.82, 2.24) is 47.9 Å². The highest BCUT2D eigenvalue weighted by Gasteiger charge is 2.37. The number of phenolic OH excluding ortho intramolecular Hbond substituents is 2. The quantitative estimate of drug-likeness (QED) is 0.0498. The second kappa shape index (κ2) is 31.5. The van der Waals surface area contributed by atoms with Gasteiger partial charge >= 0.3 is 5.97 Å². The molecule has 0 spiro atoms. The van der Waals surface area contributed by atoms with Gasteiger partial charge in [-0.1, -0.05) is 90.0 Å². The molecule has 1 heterocycles. The largest absolute Gasteiger partial charge is 0.508 e. The number of carboxylic acid groups (broad SMARTS) is 1. The van der Waals surface area contributed by atoms with Crippen molar-refractivity contribution in [2.24, 2.45) is 11.7 Å². The molecular weight excluding hydrogens is 1070 g/mol. The van der Waals surface area contributed by atoms with Crippen LogP contribution in [-0.2, 0) is 72.0 Å². The molecule has 28 heteroatoms. The molecule has 3 aromatic rings. The lowest BCUT2D eigenvalue weighted by atomic mass is 10.0. The van der Waals surface area contributed by atoms with Gasteiger partial charge in [0.25, 0.3) is 0 Å². The predicted molar refractivity (Wildman–Crippen MR) is 287 cm³/mol.